The van der Waals surface area contributed by atoms with Crippen molar-refractivity contribution in [2.24, 2.45) is 0 Å². The highest BCUT2D eigenvalue weighted by Crippen LogP contribution is 2.42. The Balaban J connectivity index is 2.59. The maximum Gasteiger partial charge on any atom is 0.357 e. The van der Waals surface area contributed by atoms with Crippen LogP contribution in [-0.2, 0) is 0 Å². The van der Waals surface area contributed by atoms with E-state index in [0.29, 0.717) is 21.1 Å². The van der Waals surface area contributed by atoms with E-state index in [0.717, 1.165) is 0 Å². The minimum atomic E-state index is -1.10. The lowest BCUT2D eigenvalue weighted by Gasteiger charge is -2.11. The minimum Gasteiger partial charge on any atom is -0.503 e. The predicted octanol–water partition coefficient (Wildman–Crippen LogP) is 2.77. The summed E-state index contributed by atoms with van der Waals surface area (Å²) in [6.07, 6.45) is 2.64. The molecule has 11 heteroatoms. The molecule has 0 saturated carbocycles. The fourth-order valence-electron chi connectivity index (χ4n) is 1.97. The first-order valence-electron chi connectivity index (χ1n) is 6.79. The summed E-state index contributed by atoms with van der Waals surface area (Å²) in [5.41, 5.74) is -2.52. The number of H-pyrrole nitrogens is 2. The van der Waals surface area contributed by atoms with Gasteiger partial charge < -0.3 is 14.8 Å². The number of nitrogens with zero attached hydrogens (tertiary/aromatic N) is 1. The van der Waals surface area contributed by atoms with Crippen LogP contribution in [0.2, 0.25) is 0 Å². The maximum atomic E-state index is 11.6. The van der Waals surface area contributed by atoms with Gasteiger partial charge in [0.05, 0.1) is 16.0 Å². The van der Waals surface area contributed by atoms with Crippen LogP contribution in [0.5, 0.6) is 11.5 Å². The summed E-state index contributed by atoms with van der Waals surface area (Å²) in [5, 5.41) is 21.0. The third kappa shape index (κ3) is 3.99. The Morgan fingerprint density at radius 3 is 2.56 bits per heavy atom. The topological polar surface area (TPSA) is 138 Å². The summed E-state index contributed by atoms with van der Waals surface area (Å²) in [6, 6.07) is 1.50. The number of phenols is 1. The first kappa shape index (κ1) is 18.9. The lowest BCUT2D eigenvalue weighted by atomic mass is 10.1. The molecule has 0 amide bonds. The van der Waals surface area contributed by atoms with Gasteiger partial charge in [0.1, 0.15) is 5.69 Å². The van der Waals surface area contributed by atoms with Gasteiger partial charge in [-0.3, -0.25) is 19.9 Å². The van der Waals surface area contributed by atoms with Crippen LogP contribution in [0, 0.1) is 10.1 Å². The molecule has 0 aliphatic heterocycles. The van der Waals surface area contributed by atoms with E-state index in [1.54, 1.807) is 11.9 Å². The first-order valence-corrected chi connectivity index (χ1v) is 8.37. The number of hydrogen-bond acceptors (Lipinski definition) is 6. The molecule has 3 N–H and O–H groups in total. The number of rotatable bonds is 5. The molecule has 1 aromatic heterocycles. The third-order valence-corrected chi connectivity index (χ3v) is 5.19. The zero-order chi connectivity index (χ0) is 18.7. The van der Waals surface area contributed by atoms with E-state index in [4.69, 9.17) is 4.74 Å². The number of nitrogens with one attached hydrogen (secondary N) is 2. The van der Waals surface area contributed by atoms with Gasteiger partial charge in [0.2, 0.25) is 0 Å². The number of aromatic hydroxyl groups is 1. The number of benzene rings is 1. The van der Waals surface area contributed by atoms with Crippen molar-refractivity contribution in [3.8, 4) is 11.5 Å². The normalized spacial score (nSPS) is 11.0. The zero-order valence-electron chi connectivity index (χ0n) is 12.6. The molecule has 9 nitrogen and oxygen atoms in total. The quantitative estimate of drug-likeness (QED) is 0.448. The fraction of sp³-hybridized carbons (Fsp3) is 0.143. The Hall–Kier alpha value is -2.40. The van der Waals surface area contributed by atoms with Crippen molar-refractivity contribution in [2.75, 3.05) is 6.61 Å². The van der Waals surface area contributed by atoms with Crippen molar-refractivity contribution in [3.63, 3.8) is 0 Å². The fourth-order valence-corrected chi connectivity index (χ4v) is 2.83. The summed E-state index contributed by atoms with van der Waals surface area (Å²) in [6.45, 7) is 2.06. The summed E-state index contributed by atoms with van der Waals surface area (Å²) in [5.74, 6) is 0.0903. The summed E-state index contributed by atoms with van der Waals surface area (Å²) in [7, 11) is 0. The van der Waals surface area contributed by atoms with E-state index in [2.05, 4.69) is 36.8 Å². The standard InChI is InChI=1S/C14H11Br2N3O6/c1-2-25-8-5-6(9(15)10(16)12(8)20)3-4-7-11(19(23)24)13(21)18-14(22)17-7/h3-5,20H,2H2,1H3,(H2,17,18,21,22). The van der Waals surface area contributed by atoms with Crippen LogP contribution in [0.4, 0.5) is 5.69 Å². The van der Waals surface area contributed by atoms with Gasteiger partial charge in [-0.2, -0.15) is 0 Å². The SMILES string of the molecule is CCOc1cc(C=Cc2[nH]c(=O)[nH]c(=O)c2[N+](=O)[O-])c(Br)c(Br)c1O. The van der Waals surface area contributed by atoms with E-state index in [1.165, 1.54) is 18.2 Å². The molecule has 0 aliphatic carbocycles. The molecule has 25 heavy (non-hydrogen) atoms. The molecule has 0 unspecified atom stereocenters. The molecule has 0 radical (unpaired) electrons. The Bertz CT molecular complexity index is 980. The Kier molecular flexibility index (Phi) is 5.80. The third-order valence-electron chi connectivity index (χ3n) is 3.03. The highest BCUT2D eigenvalue weighted by atomic mass is 79.9. The van der Waals surface area contributed by atoms with E-state index in [1.807, 2.05) is 0 Å². The summed E-state index contributed by atoms with van der Waals surface area (Å²) in [4.78, 5) is 37.1. The number of aromatic amines is 2. The van der Waals surface area contributed by atoms with Gasteiger partial charge in [0.15, 0.2) is 11.5 Å². The van der Waals surface area contributed by atoms with E-state index < -0.39 is 21.9 Å². The Morgan fingerprint density at radius 2 is 1.96 bits per heavy atom. The number of aromatic nitrogens is 2. The van der Waals surface area contributed by atoms with Crippen LogP contribution in [-0.4, -0.2) is 26.6 Å². The molecule has 1 aromatic carbocycles. The summed E-state index contributed by atoms with van der Waals surface area (Å²) >= 11 is 6.49. The number of hydrogen-bond donors (Lipinski definition) is 3. The molecule has 1 heterocycles. The Labute approximate surface area is 156 Å². The molecule has 132 valence electrons. The molecular formula is C14H11Br2N3O6. The van der Waals surface area contributed by atoms with Crippen LogP contribution in [0.1, 0.15) is 18.2 Å². The van der Waals surface area contributed by atoms with Gasteiger partial charge in [-0.25, -0.2) is 4.79 Å². The average Bonchev–Trinajstić information content (AvgIpc) is 2.53. The van der Waals surface area contributed by atoms with Crippen molar-refractivity contribution in [1.29, 1.82) is 0 Å². The second-order valence-electron chi connectivity index (χ2n) is 4.63. The van der Waals surface area contributed by atoms with Crippen molar-refractivity contribution < 1.29 is 14.8 Å². The second-order valence-corrected chi connectivity index (χ2v) is 6.22. The van der Waals surface area contributed by atoms with E-state index >= 15 is 0 Å². The van der Waals surface area contributed by atoms with Crippen molar-refractivity contribution >= 4 is 49.7 Å². The molecule has 0 aliphatic rings. The van der Waals surface area contributed by atoms with Gasteiger partial charge >= 0.3 is 16.9 Å². The lowest BCUT2D eigenvalue weighted by Crippen LogP contribution is -2.25. The first-order chi connectivity index (χ1) is 11.8. The monoisotopic (exact) mass is 475 g/mol. The number of halogens is 2. The molecule has 2 rings (SSSR count). The molecule has 0 bridgehead atoms. The molecule has 0 fully saturated rings. The van der Waals surface area contributed by atoms with Crippen LogP contribution in [0.25, 0.3) is 12.2 Å². The highest BCUT2D eigenvalue weighted by molar-refractivity contribution is 9.13. The highest BCUT2D eigenvalue weighted by Gasteiger charge is 2.19. The lowest BCUT2D eigenvalue weighted by molar-refractivity contribution is -0.386. The van der Waals surface area contributed by atoms with Gasteiger partial charge in [-0.05, 0) is 56.5 Å². The molecule has 0 saturated heterocycles. The van der Waals surface area contributed by atoms with Crippen LogP contribution < -0.4 is 16.0 Å². The van der Waals surface area contributed by atoms with Crippen LogP contribution >= 0.6 is 31.9 Å². The van der Waals surface area contributed by atoms with Crippen molar-refractivity contribution in [2.45, 2.75) is 6.92 Å². The van der Waals surface area contributed by atoms with Gasteiger partial charge in [-0.15, -0.1) is 0 Å². The van der Waals surface area contributed by atoms with E-state index in [-0.39, 0.29) is 17.2 Å². The van der Waals surface area contributed by atoms with Crippen LogP contribution in [0.3, 0.4) is 0 Å². The van der Waals surface area contributed by atoms with E-state index in [9.17, 15) is 24.8 Å². The molecule has 0 spiro atoms. The zero-order valence-corrected chi connectivity index (χ0v) is 15.8. The Morgan fingerprint density at radius 1 is 1.28 bits per heavy atom. The van der Waals surface area contributed by atoms with Crippen molar-refractivity contribution in [1.82, 2.24) is 9.97 Å². The average molecular weight is 477 g/mol. The van der Waals surface area contributed by atoms with Gasteiger partial charge in [0, 0.05) is 4.47 Å². The molecule has 2 aromatic rings. The molecule has 0 atom stereocenters. The number of phenolic OH excluding ortho intramolecular Hbond substituents is 1. The smallest absolute Gasteiger partial charge is 0.357 e. The largest absolute Gasteiger partial charge is 0.503 e. The molecular weight excluding hydrogens is 466 g/mol. The number of ether oxygens (including phenoxy) is 1. The maximum absolute atomic E-state index is 11.6. The summed E-state index contributed by atoms with van der Waals surface area (Å²) < 4.78 is 6.09. The van der Waals surface area contributed by atoms with Crippen LogP contribution in [0.15, 0.2) is 24.6 Å². The number of nitro groups is 1. The second kappa shape index (κ2) is 7.66. The van der Waals surface area contributed by atoms with Crippen molar-refractivity contribution in [3.05, 3.63) is 57.2 Å². The predicted molar refractivity (Wildman–Crippen MR) is 97.9 cm³/mol. The van der Waals surface area contributed by atoms with Gasteiger partial charge in [-0.1, -0.05) is 6.08 Å². The minimum absolute atomic E-state index is 0.110. The van der Waals surface area contributed by atoms with Gasteiger partial charge in [0.25, 0.3) is 0 Å².